The third-order valence-corrected chi connectivity index (χ3v) is 4.82. The molecular formula is C12H19NO3S. The number of piperidine rings is 1. The third-order valence-electron chi connectivity index (χ3n) is 3.24. The van der Waals surface area contributed by atoms with Crippen molar-refractivity contribution >= 4 is 9.84 Å². The van der Waals surface area contributed by atoms with Gasteiger partial charge in [0, 0.05) is 0 Å². The number of sulfone groups is 1. The average Bonchev–Trinajstić information content (AvgIpc) is 2.80. The first-order valence-electron chi connectivity index (χ1n) is 6.09. The number of nitrogens with one attached hydrogen (secondary N) is 1. The van der Waals surface area contributed by atoms with Gasteiger partial charge in [-0.2, -0.15) is 0 Å². The Hall–Kier alpha value is -0.810. The first-order valence-corrected chi connectivity index (χ1v) is 7.91. The molecule has 1 aliphatic heterocycles. The first kappa shape index (κ1) is 12.6. The van der Waals surface area contributed by atoms with Crippen LogP contribution in [0.4, 0.5) is 0 Å². The van der Waals surface area contributed by atoms with Gasteiger partial charge < -0.3 is 9.73 Å². The summed E-state index contributed by atoms with van der Waals surface area (Å²) in [6.07, 6.45) is 4.48. The molecule has 17 heavy (non-hydrogen) atoms. The van der Waals surface area contributed by atoms with Gasteiger partial charge in [0.25, 0.3) is 0 Å². The van der Waals surface area contributed by atoms with Crippen molar-refractivity contribution in [1.82, 2.24) is 5.32 Å². The third kappa shape index (κ3) is 4.16. The Balaban J connectivity index is 1.80. The highest BCUT2D eigenvalue weighted by Crippen LogP contribution is 2.18. The summed E-state index contributed by atoms with van der Waals surface area (Å²) in [5, 5.41) is 3.28. The second kappa shape index (κ2) is 5.69. The molecule has 1 aromatic heterocycles. The number of rotatable bonds is 5. The van der Waals surface area contributed by atoms with Crippen molar-refractivity contribution in [2.24, 2.45) is 5.92 Å². The Morgan fingerprint density at radius 2 is 2.12 bits per heavy atom. The SMILES string of the molecule is O=S(=O)(CCC1CCNCC1)Cc1ccco1. The molecule has 1 saturated heterocycles. The molecule has 2 rings (SSSR count). The number of furan rings is 1. The Morgan fingerprint density at radius 1 is 1.35 bits per heavy atom. The van der Waals surface area contributed by atoms with Crippen molar-refractivity contribution in [3.05, 3.63) is 24.2 Å². The highest BCUT2D eigenvalue weighted by Gasteiger charge is 2.19. The van der Waals surface area contributed by atoms with Gasteiger partial charge in [-0.1, -0.05) is 0 Å². The molecule has 0 amide bonds. The smallest absolute Gasteiger partial charge is 0.157 e. The summed E-state index contributed by atoms with van der Waals surface area (Å²) in [5.74, 6) is 1.40. The van der Waals surface area contributed by atoms with Gasteiger partial charge >= 0.3 is 0 Å². The second-order valence-electron chi connectivity index (χ2n) is 4.65. The van der Waals surface area contributed by atoms with Crippen LogP contribution in [0.2, 0.25) is 0 Å². The second-order valence-corrected chi connectivity index (χ2v) is 6.84. The van der Waals surface area contributed by atoms with Gasteiger partial charge in [0.15, 0.2) is 9.84 Å². The molecule has 96 valence electrons. The summed E-state index contributed by atoms with van der Waals surface area (Å²) in [5.41, 5.74) is 0. The highest BCUT2D eigenvalue weighted by atomic mass is 32.2. The number of hydrogen-bond donors (Lipinski definition) is 1. The molecule has 2 heterocycles. The fourth-order valence-corrected chi connectivity index (χ4v) is 3.63. The highest BCUT2D eigenvalue weighted by molar-refractivity contribution is 7.90. The largest absolute Gasteiger partial charge is 0.468 e. The van der Waals surface area contributed by atoms with Crippen molar-refractivity contribution in [2.75, 3.05) is 18.8 Å². The molecule has 4 nitrogen and oxygen atoms in total. The molecular weight excluding hydrogens is 238 g/mol. The van der Waals surface area contributed by atoms with Crippen LogP contribution in [-0.2, 0) is 15.6 Å². The maximum atomic E-state index is 11.9. The molecule has 0 spiro atoms. The minimum absolute atomic E-state index is 0.0327. The minimum atomic E-state index is -3.02. The zero-order chi connectivity index (χ0) is 12.1. The van der Waals surface area contributed by atoms with Gasteiger partial charge in [-0.25, -0.2) is 8.42 Å². The topological polar surface area (TPSA) is 59.3 Å². The van der Waals surface area contributed by atoms with Gasteiger partial charge in [-0.3, -0.25) is 0 Å². The quantitative estimate of drug-likeness (QED) is 0.870. The molecule has 1 fully saturated rings. The van der Waals surface area contributed by atoms with Gasteiger partial charge in [0.2, 0.25) is 0 Å². The Morgan fingerprint density at radius 3 is 2.76 bits per heavy atom. The zero-order valence-electron chi connectivity index (χ0n) is 9.89. The van der Waals surface area contributed by atoms with E-state index in [1.807, 2.05) is 0 Å². The van der Waals surface area contributed by atoms with E-state index in [9.17, 15) is 8.42 Å². The number of hydrogen-bond acceptors (Lipinski definition) is 4. The minimum Gasteiger partial charge on any atom is -0.468 e. The average molecular weight is 257 g/mol. The van der Waals surface area contributed by atoms with E-state index in [0.717, 1.165) is 32.4 Å². The fraction of sp³-hybridized carbons (Fsp3) is 0.667. The van der Waals surface area contributed by atoms with E-state index < -0.39 is 9.84 Å². The molecule has 1 N–H and O–H groups in total. The van der Waals surface area contributed by atoms with E-state index in [1.54, 1.807) is 12.1 Å². The molecule has 0 saturated carbocycles. The van der Waals surface area contributed by atoms with E-state index in [-0.39, 0.29) is 11.5 Å². The maximum Gasteiger partial charge on any atom is 0.157 e. The Labute approximate surface area is 102 Å². The van der Waals surface area contributed by atoms with Crippen LogP contribution in [0.5, 0.6) is 0 Å². The van der Waals surface area contributed by atoms with Crippen molar-refractivity contribution in [3.63, 3.8) is 0 Å². The predicted octanol–water partition coefficient (Wildman–Crippen LogP) is 1.58. The monoisotopic (exact) mass is 257 g/mol. The van der Waals surface area contributed by atoms with E-state index in [0.29, 0.717) is 11.7 Å². The van der Waals surface area contributed by atoms with Gasteiger partial charge in [0.05, 0.1) is 12.0 Å². The van der Waals surface area contributed by atoms with Crippen LogP contribution in [0.15, 0.2) is 22.8 Å². The van der Waals surface area contributed by atoms with Crippen LogP contribution in [0.25, 0.3) is 0 Å². The molecule has 1 aromatic rings. The Bertz CT molecular complexity index is 419. The van der Waals surface area contributed by atoms with Crippen LogP contribution in [0.1, 0.15) is 25.0 Å². The summed E-state index contributed by atoms with van der Waals surface area (Å²) in [4.78, 5) is 0. The molecule has 0 aromatic carbocycles. The van der Waals surface area contributed by atoms with E-state index in [1.165, 1.54) is 6.26 Å². The van der Waals surface area contributed by atoms with Crippen molar-refractivity contribution < 1.29 is 12.8 Å². The summed E-state index contributed by atoms with van der Waals surface area (Å²) in [6, 6.07) is 3.43. The van der Waals surface area contributed by atoms with Crippen molar-refractivity contribution in [1.29, 1.82) is 0 Å². The standard InChI is InChI=1S/C12H19NO3S/c14-17(15,10-12-2-1-8-16-12)9-5-11-3-6-13-7-4-11/h1-2,8,11,13H,3-7,9-10H2. The van der Waals surface area contributed by atoms with Gasteiger partial charge in [-0.15, -0.1) is 0 Å². The molecule has 0 atom stereocenters. The van der Waals surface area contributed by atoms with Crippen LogP contribution in [-0.4, -0.2) is 27.3 Å². The summed E-state index contributed by atoms with van der Waals surface area (Å²) in [6.45, 7) is 2.03. The summed E-state index contributed by atoms with van der Waals surface area (Å²) < 4.78 is 28.8. The molecule has 0 unspecified atom stereocenters. The van der Waals surface area contributed by atoms with Gasteiger partial charge in [0.1, 0.15) is 11.5 Å². The van der Waals surface area contributed by atoms with E-state index in [2.05, 4.69) is 5.32 Å². The van der Waals surface area contributed by atoms with Crippen LogP contribution in [0.3, 0.4) is 0 Å². The molecule has 0 aliphatic carbocycles. The van der Waals surface area contributed by atoms with Crippen LogP contribution < -0.4 is 5.32 Å². The van der Waals surface area contributed by atoms with E-state index >= 15 is 0 Å². The summed E-state index contributed by atoms with van der Waals surface area (Å²) >= 11 is 0. The molecule has 5 heteroatoms. The molecule has 0 radical (unpaired) electrons. The van der Waals surface area contributed by atoms with E-state index in [4.69, 9.17) is 4.42 Å². The lowest BCUT2D eigenvalue weighted by molar-refractivity contribution is 0.365. The Kier molecular flexibility index (Phi) is 4.23. The summed E-state index contributed by atoms with van der Waals surface area (Å²) in [7, 11) is -3.02. The lowest BCUT2D eigenvalue weighted by atomic mass is 9.96. The fourth-order valence-electron chi connectivity index (χ4n) is 2.20. The molecule has 0 bridgehead atoms. The van der Waals surface area contributed by atoms with Crippen LogP contribution >= 0.6 is 0 Å². The normalized spacial score (nSPS) is 18.4. The lowest BCUT2D eigenvalue weighted by Crippen LogP contribution is -2.28. The lowest BCUT2D eigenvalue weighted by Gasteiger charge is -2.22. The first-order chi connectivity index (χ1) is 8.16. The van der Waals surface area contributed by atoms with Crippen molar-refractivity contribution in [3.8, 4) is 0 Å². The zero-order valence-corrected chi connectivity index (χ0v) is 10.7. The van der Waals surface area contributed by atoms with Gasteiger partial charge in [-0.05, 0) is 50.4 Å². The molecule has 1 aliphatic rings. The van der Waals surface area contributed by atoms with Crippen LogP contribution in [0, 0.1) is 5.92 Å². The van der Waals surface area contributed by atoms with Crippen molar-refractivity contribution in [2.45, 2.75) is 25.0 Å². The maximum absolute atomic E-state index is 11.9. The predicted molar refractivity (Wildman–Crippen MR) is 66.4 cm³/mol.